The van der Waals surface area contributed by atoms with E-state index in [0.717, 1.165) is 24.1 Å². The molecule has 100 valence electrons. The summed E-state index contributed by atoms with van der Waals surface area (Å²) in [4.78, 5) is 12.9. The van der Waals surface area contributed by atoms with Gasteiger partial charge in [0, 0.05) is 5.38 Å². The molecule has 5 heteroatoms. The normalized spacial score (nSPS) is 27.9. The van der Waals surface area contributed by atoms with Crippen LogP contribution in [0.2, 0.25) is 0 Å². The van der Waals surface area contributed by atoms with Gasteiger partial charge in [-0.3, -0.25) is 4.79 Å². The molecular weight excluding hydrogens is 262 g/mol. The fourth-order valence-electron chi connectivity index (χ4n) is 2.69. The minimum atomic E-state index is -0.165. The Bertz CT molecular complexity index is 542. The zero-order chi connectivity index (χ0) is 13.2. The van der Waals surface area contributed by atoms with Gasteiger partial charge in [0.1, 0.15) is 6.61 Å². The number of carbonyl (C=O) groups is 1. The van der Waals surface area contributed by atoms with Crippen molar-refractivity contribution in [2.45, 2.75) is 37.5 Å². The summed E-state index contributed by atoms with van der Waals surface area (Å²) in [5.41, 5.74) is 0.634. The molecule has 2 aliphatic rings. The molecule has 3 rings (SSSR count). The van der Waals surface area contributed by atoms with E-state index < -0.39 is 0 Å². The number of ether oxygens (including phenoxy) is 1. The standard InChI is InChI=1S/C14H15NO3S/c16-5-1-2-11-6-9(8-19-11)14(17)15-12-7-10-3-4-13(12)18-10/h6,8,10,12-13,16H,3-5,7H2,(H,15,17). The van der Waals surface area contributed by atoms with Crippen molar-refractivity contribution in [3.05, 3.63) is 21.9 Å². The minimum Gasteiger partial charge on any atom is -0.384 e. The Kier molecular flexibility index (Phi) is 3.56. The molecule has 2 aliphatic heterocycles. The van der Waals surface area contributed by atoms with E-state index in [0.29, 0.717) is 11.7 Å². The van der Waals surface area contributed by atoms with Gasteiger partial charge in [0.25, 0.3) is 5.91 Å². The number of amides is 1. The molecule has 0 aromatic carbocycles. The molecule has 1 aromatic rings. The maximum absolute atomic E-state index is 12.1. The molecule has 4 nitrogen and oxygen atoms in total. The molecule has 3 unspecified atom stereocenters. The molecule has 0 aliphatic carbocycles. The Morgan fingerprint density at radius 2 is 2.47 bits per heavy atom. The highest BCUT2D eigenvalue weighted by molar-refractivity contribution is 7.10. The summed E-state index contributed by atoms with van der Waals surface area (Å²) in [6.45, 7) is -0.165. The molecule has 0 spiro atoms. The van der Waals surface area contributed by atoms with Crippen LogP contribution in [0.3, 0.4) is 0 Å². The van der Waals surface area contributed by atoms with Crippen LogP contribution in [-0.2, 0) is 4.74 Å². The number of rotatable bonds is 2. The summed E-state index contributed by atoms with van der Waals surface area (Å²) in [7, 11) is 0. The van der Waals surface area contributed by atoms with E-state index in [1.165, 1.54) is 11.3 Å². The Hall–Kier alpha value is -1.35. The average Bonchev–Trinajstić information content (AvgIpc) is 3.12. The summed E-state index contributed by atoms with van der Waals surface area (Å²) in [5, 5.41) is 13.5. The summed E-state index contributed by atoms with van der Waals surface area (Å²) >= 11 is 1.41. The van der Waals surface area contributed by atoms with Crippen LogP contribution in [0.5, 0.6) is 0 Å². The molecule has 1 aromatic heterocycles. The number of nitrogens with one attached hydrogen (secondary N) is 1. The summed E-state index contributed by atoms with van der Waals surface area (Å²) < 4.78 is 5.72. The van der Waals surface area contributed by atoms with Gasteiger partial charge in [0.2, 0.25) is 0 Å². The fourth-order valence-corrected chi connectivity index (χ4v) is 3.44. The molecule has 2 N–H and O–H groups in total. The lowest BCUT2D eigenvalue weighted by Gasteiger charge is -2.19. The van der Waals surface area contributed by atoms with Crippen molar-refractivity contribution in [3.63, 3.8) is 0 Å². The molecule has 2 saturated heterocycles. The van der Waals surface area contributed by atoms with Gasteiger partial charge in [-0.25, -0.2) is 0 Å². The number of thiophene rings is 1. The number of hydrogen-bond donors (Lipinski definition) is 2. The summed E-state index contributed by atoms with van der Waals surface area (Å²) in [6, 6.07) is 1.91. The van der Waals surface area contributed by atoms with Crippen molar-refractivity contribution >= 4 is 17.2 Å². The van der Waals surface area contributed by atoms with Gasteiger partial charge >= 0.3 is 0 Å². The van der Waals surface area contributed by atoms with E-state index in [2.05, 4.69) is 17.2 Å². The smallest absolute Gasteiger partial charge is 0.252 e. The Morgan fingerprint density at radius 3 is 3.16 bits per heavy atom. The SMILES string of the molecule is O=C(NC1CC2CCC1O2)c1csc(C#CCO)c1. The first-order valence-electron chi connectivity index (χ1n) is 6.41. The summed E-state index contributed by atoms with van der Waals surface area (Å²) in [5.74, 6) is 5.32. The molecule has 3 heterocycles. The lowest BCUT2D eigenvalue weighted by Crippen LogP contribution is -2.41. The highest BCUT2D eigenvalue weighted by atomic mass is 32.1. The van der Waals surface area contributed by atoms with Gasteiger partial charge < -0.3 is 15.2 Å². The van der Waals surface area contributed by atoms with E-state index in [-0.39, 0.29) is 24.7 Å². The van der Waals surface area contributed by atoms with Crippen LogP contribution in [-0.4, -0.2) is 35.9 Å². The van der Waals surface area contributed by atoms with Crippen LogP contribution in [0.15, 0.2) is 11.4 Å². The van der Waals surface area contributed by atoms with Crippen molar-refractivity contribution in [2.24, 2.45) is 0 Å². The van der Waals surface area contributed by atoms with Crippen LogP contribution in [0, 0.1) is 11.8 Å². The maximum Gasteiger partial charge on any atom is 0.252 e. The van der Waals surface area contributed by atoms with Crippen LogP contribution in [0.1, 0.15) is 34.5 Å². The Morgan fingerprint density at radius 1 is 1.58 bits per heavy atom. The maximum atomic E-state index is 12.1. The zero-order valence-corrected chi connectivity index (χ0v) is 11.2. The van der Waals surface area contributed by atoms with Gasteiger partial charge in [-0.15, -0.1) is 11.3 Å². The topological polar surface area (TPSA) is 58.6 Å². The average molecular weight is 277 g/mol. The molecule has 2 bridgehead atoms. The van der Waals surface area contributed by atoms with Crippen molar-refractivity contribution in [1.29, 1.82) is 0 Å². The Labute approximate surface area is 115 Å². The van der Waals surface area contributed by atoms with E-state index in [9.17, 15) is 4.79 Å². The fraction of sp³-hybridized carbons (Fsp3) is 0.500. The van der Waals surface area contributed by atoms with Crippen LogP contribution in [0.4, 0.5) is 0 Å². The third-order valence-corrected chi connectivity index (χ3v) is 4.42. The summed E-state index contributed by atoms with van der Waals surface area (Å²) in [6.07, 6.45) is 3.63. The van der Waals surface area contributed by atoms with E-state index in [1.54, 1.807) is 11.4 Å². The molecule has 19 heavy (non-hydrogen) atoms. The number of fused-ring (bicyclic) bond motifs is 2. The first kappa shape index (κ1) is 12.7. The largest absolute Gasteiger partial charge is 0.384 e. The number of hydrogen-bond acceptors (Lipinski definition) is 4. The van der Waals surface area contributed by atoms with E-state index in [1.807, 2.05) is 0 Å². The first-order chi connectivity index (χ1) is 9.26. The lowest BCUT2D eigenvalue weighted by molar-refractivity contribution is 0.0841. The Balaban J connectivity index is 1.62. The third-order valence-electron chi connectivity index (χ3n) is 3.57. The van der Waals surface area contributed by atoms with Gasteiger partial charge in [0.05, 0.1) is 28.7 Å². The number of carbonyl (C=O) groups excluding carboxylic acids is 1. The van der Waals surface area contributed by atoms with Gasteiger partial charge in [0.15, 0.2) is 0 Å². The quantitative estimate of drug-likeness (QED) is 0.797. The second kappa shape index (κ2) is 5.33. The second-order valence-electron chi connectivity index (χ2n) is 4.85. The van der Waals surface area contributed by atoms with Crippen LogP contribution >= 0.6 is 11.3 Å². The third kappa shape index (κ3) is 2.66. The lowest BCUT2D eigenvalue weighted by atomic mass is 9.95. The number of aliphatic hydroxyl groups excluding tert-OH is 1. The van der Waals surface area contributed by atoms with Crippen molar-refractivity contribution in [2.75, 3.05) is 6.61 Å². The minimum absolute atomic E-state index is 0.0607. The van der Waals surface area contributed by atoms with Crippen molar-refractivity contribution < 1.29 is 14.6 Å². The predicted molar refractivity (Wildman–Crippen MR) is 72.0 cm³/mol. The van der Waals surface area contributed by atoms with E-state index in [4.69, 9.17) is 9.84 Å². The van der Waals surface area contributed by atoms with Crippen molar-refractivity contribution in [3.8, 4) is 11.8 Å². The molecule has 0 radical (unpaired) electrons. The van der Waals surface area contributed by atoms with Crippen LogP contribution in [0.25, 0.3) is 0 Å². The van der Waals surface area contributed by atoms with Gasteiger partial charge in [-0.05, 0) is 25.3 Å². The van der Waals surface area contributed by atoms with Gasteiger partial charge in [-0.1, -0.05) is 11.8 Å². The van der Waals surface area contributed by atoms with Crippen LogP contribution < -0.4 is 5.32 Å². The number of aliphatic hydroxyl groups is 1. The van der Waals surface area contributed by atoms with Gasteiger partial charge in [-0.2, -0.15) is 0 Å². The zero-order valence-electron chi connectivity index (χ0n) is 10.4. The first-order valence-corrected chi connectivity index (χ1v) is 7.29. The predicted octanol–water partition coefficient (Wildman–Crippen LogP) is 1.14. The van der Waals surface area contributed by atoms with E-state index >= 15 is 0 Å². The van der Waals surface area contributed by atoms with Crippen molar-refractivity contribution in [1.82, 2.24) is 5.32 Å². The highest BCUT2D eigenvalue weighted by Gasteiger charge is 2.41. The monoisotopic (exact) mass is 277 g/mol. The highest BCUT2D eigenvalue weighted by Crippen LogP contribution is 2.34. The molecule has 0 saturated carbocycles. The molecular formula is C14H15NO3S. The molecule has 3 atom stereocenters. The second-order valence-corrected chi connectivity index (χ2v) is 5.76. The molecule has 2 fully saturated rings. The molecule has 1 amide bonds.